The predicted octanol–water partition coefficient (Wildman–Crippen LogP) is -1.05. The fourth-order valence-corrected chi connectivity index (χ4v) is 2.11. The van der Waals surface area contributed by atoms with Crippen LogP contribution in [0, 0.1) is 0 Å². The summed E-state index contributed by atoms with van der Waals surface area (Å²) in [5.74, 6) is 0.00419. The van der Waals surface area contributed by atoms with Gasteiger partial charge in [0.25, 0.3) is 5.56 Å². The molecule has 0 bridgehead atoms. The Bertz CT molecular complexity index is 665. The Morgan fingerprint density at radius 2 is 2.37 bits per heavy atom. The number of hydrogen-bond acceptors (Lipinski definition) is 7. The summed E-state index contributed by atoms with van der Waals surface area (Å²) in [5.41, 5.74) is 5.61. The molecule has 1 aliphatic rings. The van der Waals surface area contributed by atoms with Gasteiger partial charge in [0.1, 0.15) is 6.10 Å². The number of hydrogen-bond donors (Lipinski definition) is 3. The fraction of sp³-hybridized carbons (Fsp3) is 0.500. The maximum Gasteiger partial charge on any atom is 0.280 e. The average Bonchev–Trinajstić information content (AvgIpc) is 2.92. The Balaban J connectivity index is 2.09. The molecule has 0 spiro atoms. The number of nitrogen functional groups attached to an aromatic ring is 1. The molecule has 9 heteroatoms. The molecule has 1 saturated heterocycles. The molecule has 9 nitrogen and oxygen atoms in total. The van der Waals surface area contributed by atoms with Crippen molar-refractivity contribution in [3.63, 3.8) is 0 Å². The molecule has 3 atom stereocenters. The minimum Gasteiger partial charge on any atom is -0.391 e. The minimum atomic E-state index is -0.697. The van der Waals surface area contributed by atoms with Gasteiger partial charge in [0.15, 0.2) is 23.7 Å². The van der Waals surface area contributed by atoms with Crippen LogP contribution >= 0.6 is 0 Å². The van der Waals surface area contributed by atoms with E-state index in [1.54, 1.807) is 11.5 Å². The van der Waals surface area contributed by atoms with Crippen LogP contribution in [0.1, 0.15) is 13.2 Å². The topological polar surface area (TPSA) is 128 Å². The van der Waals surface area contributed by atoms with Gasteiger partial charge in [0.05, 0.1) is 12.9 Å². The molecule has 0 aliphatic carbocycles. The number of H-pyrrole nitrogens is 1. The van der Waals surface area contributed by atoms with E-state index in [1.807, 2.05) is 0 Å². The number of ether oxygens (including phenoxy) is 2. The highest BCUT2D eigenvalue weighted by atomic mass is 16.7. The largest absolute Gasteiger partial charge is 0.391 e. The number of rotatable bonds is 2. The van der Waals surface area contributed by atoms with Crippen LogP contribution in [-0.4, -0.2) is 43.6 Å². The Kier molecular flexibility index (Phi) is 2.73. The van der Waals surface area contributed by atoms with Gasteiger partial charge < -0.3 is 20.3 Å². The van der Waals surface area contributed by atoms with E-state index in [1.165, 1.54) is 6.33 Å². The average molecular weight is 267 g/mol. The highest BCUT2D eigenvalue weighted by molar-refractivity contribution is 5.70. The van der Waals surface area contributed by atoms with Crippen LogP contribution < -0.4 is 11.3 Å². The predicted molar refractivity (Wildman–Crippen MR) is 64.1 cm³/mol. The third kappa shape index (κ3) is 1.87. The number of aliphatic hydroxyl groups is 1. The van der Waals surface area contributed by atoms with Gasteiger partial charge in [-0.2, -0.15) is 4.98 Å². The van der Waals surface area contributed by atoms with Crippen LogP contribution in [0.4, 0.5) is 5.95 Å². The number of imidazole rings is 1. The van der Waals surface area contributed by atoms with Crippen molar-refractivity contribution in [1.29, 1.82) is 0 Å². The molecule has 0 amide bonds. The molecule has 1 fully saturated rings. The molecule has 1 aliphatic heterocycles. The van der Waals surface area contributed by atoms with Gasteiger partial charge in [-0.15, -0.1) is 0 Å². The summed E-state index contributed by atoms with van der Waals surface area (Å²) in [7, 11) is 0. The zero-order valence-corrected chi connectivity index (χ0v) is 10.1. The second kappa shape index (κ2) is 4.30. The van der Waals surface area contributed by atoms with E-state index in [2.05, 4.69) is 15.0 Å². The van der Waals surface area contributed by atoms with E-state index in [0.717, 1.165) is 0 Å². The minimum absolute atomic E-state index is 0.00419. The first-order valence-corrected chi connectivity index (χ1v) is 5.74. The molecule has 4 N–H and O–H groups in total. The zero-order valence-electron chi connectivity index (χ0n) is 10.1. The van der Waals surface area contributed by atoms with Crippen molar-refractivity contribution in [3.05, 3.63) is 16.7 Å². The number of anilines is 1. The maximum atomic E-state index is 11.7. The molecule has 0 saturated carbocycles. The van der Waals surface area contributed by atoms with Crippen LogP contribution in [-0.2, 0) is 9.47 Å². The monoisotopic (exact) mass is 267 g/mol. The molecule has 0 unspecified atom stereocenters. The number of fused-ring (bicyclic) bond motifs is 1. The third-order valence-corrected chi connectivity index (χ3v) is 2.93. The van der Waals surface area contributed by atoms with Crippen molar-refractivity contribution in [2.24, 2.45) is 0 Å². The number of nitrogens with two attached hydrogens (primary N) is 1. The Hall–Kier alpha value is -1.97. The summed E-state index contributed by atoms with van der Waals surface area (Å²) in [6, 6.07) is 0. The van der Waals surface area contributed by atoms with Crippen molar-refractivity contribution in [2.75, 3.05) is 12.3 Å². The summed E-state index contributed by atoms with van der Waals surface area (Å²) in [4.78, 5) is 22.1. The van der Waals surface area contributed by atoms with E-state index in [9.17, 15) is 4.79 Å². The van der Waals surface area contributed by atoms with E-state index >= 15 is 0 Å². The van der Waals surface area contributed by atoms with Gasteiger partial charge in [-0.3, -0.25) is 14.3 Å². The number of aliphatic hydroxyl groups excluding tert-OH is 1. The summed E-state index contributed by atoms with van der Waals surface area (Å²) < 4.78 is 12.5. The van der Waals surface area contributed by atoms with Gasteiger partial charge in [0.2, 0.25) is 5.95 Å². The number of aromatic amines is 1. The first kappa shape index (κ1) is 12.1. The number of nitrogens with one attached hydrogen (secondary N) is 1. The van der Waals surface area contributed by atoms with Crippen molar-refractivity contribution >= 4 is 17.1 Å². The summed E-state index contributed by atoms with van der Waals surface area (Å²) in [6.07, 6.45) is -0.0825. The first-order valence-electron chi connectivity index (χ1n) is 5.74. The lowest BCUT2D eigenvalue weighted by Gasteiger charge is -2.14. The summed E-state index contributed by atoms with van der Waals surface area (Å²) in [5, 5.41) is 9.04. The van der Waals surface area contributed by atoms with Gasteiger partial charge in [-0.1, -0.05) is 0 Å². The van der Waals surface area contributed by atoms with Gasteiger partial charge >= 0.3 is 0 Å². The fourth-order valence-electron chi connectivity index (χ4n) is 2.11. The quantitative estimate of drug-likeness (QED) is 0.633. The maximum absolute atomic E-state index is 11.7. The van der Waals surface area contributed by atoms with Crippen LogP contribution in [0.5, 0.6) is 0 Å². The molecule has 2 aromatic rings. The van der Waals surface area contributed by atoms with E-state index in [-0.39, 0.29) is 24.2 Å². The molecule has 2 aromatic heterocycles. The Morgan fingerprint density at radius 1 is 1.58 bits per heavy atom. The molecular weight excluding hydrogens is 254 g/mol. The molecule has 102 valence electrons. The molecule has 3 heterocycles. The first-order chi connectivity index (χ1) is 9.10. The molecule has 3 rings (SSSR count). The second-order valence-electron chi connectivity index (χ2n) is 4.26. The highest BCUT2D eigenvalue weighted by Crippen LogP contribution is 2.29. The number of aromatic nitrogens is 4. The Labute approximate surface area is 107 Å². The van der Waals surface area contributed by atoms with E-state index in [4.69, 9.17) is 20.3 Å². The molecular formula is C10H13N5O4. The van der Waals surface area contributed by atoms with Gasteiger partial charge in [-0.25, -0.2) is 4.98 Å². The standard InChI is InChI=1S/C10H13N5O4/c1-4-9(19-5(2-16)18-4)15-3-12-6-7(15)13-10(11)14-8(6)17/h3-5,9,16H,2H2,1H3,(H3,11,13,14,17)/t4-,5+,9-/m0/s1. The van der Waals surface area contributed by atoms with Gasteiger partial charge in [0, 0.05) is 0 Å². The number of nitrogens with zero attached hydrogens (tertiary/aromatic N) is 3. The Morgan fingerprint density at radius 3 is 3.05 bits per heavy atom. The van der Waals surface area contributed by atoms with E-state index in [0.29, 0.717) is 5.65 Å². The van der Waals surface area contributed by atoms with Crippen LogP contribution in [0.2, 0.25) is 0 Å². The highest BCUT2D eigenvalue weighted by Gasteiger charge is 2.35. The lowest BCUT2D eigenvalue weighted by Crippen LogP contribution is -2.19. The SMILES string of the molecule is C[C@@H]1O[C@@H](CO)O[C@@H]1n1cnc2c(=O)[nH]c(N)nc21. The van der Waals surface area contributed by atoms with Crippen LogP contribution in [0.25, 0.3) is 11.2 Å². The smallest absolute Gasteiger partial charge is 0.280 e. The van der Waals surface area contributed by atoms with Crippen molar-refractivity contribution < 1.29 is 14.6 Å². The summed E-state index contributed by atoms with van der Waals surface area (Å²) in [6.45, 7) is 1.55. The third-order valence-electron chi connectivity index (χ3n) is 2.93. The van der Waals surface area contributed by atoms with Crippen molar-refractivity contribution in [3.8, 4) is 0 Å². The van der Waals surface area contributed by atoms with Crippen LogP contribution in [0.15, 0.2) is 11.1 Å². The molecule has 0 aromatic carbocycles. The van der Waals surface area contributed by atoms with Crippen molar-refractivity contribution in [2.45, 2.75) is 25.5 Å². The lowest BCUT2D eigenvalue weighted by molar-refractivity contribution is -0.101. The van der Waals surface area contributed by atoms with Crippen LogP contribution in [0.3, 0.4) is 0 Å². The summed E-state index contributed by atoms with van der Waals surface area (Å²) >= 11 is 0. The lowest BCUT2D eigenvalue weighted by atomic mass is 10.3. The van der Waals surface area contributed by atoms with Crippen molar-refractivity contribution in [1.82, 2.24) is 19.5 Å². The van der Waals surface area contributed by atoms with Gasteiger partial charge in [-0.05, 0) is 6.92 Å². The zero-order chi connectivity index (χ0) is 13.6. The normalized spacial score (nSPS) is 27.2. The van der Waals surface area contributed by atoms with E-state index < -0.39 is 18.1 Å². The second-order valence-corrected chi connectivity index (χ2v) is 4.26. The molecule has 0 radical (unpaired) electrons. The molecule has 19 heavy (non-hydrogen) atoms.